The second-order valence-corrected chi connectivity index (χ2v) is 5.05. The number of rotatable bonds is 2. The first-order chi connectivity index (χ1) is 3.12. The summed E-state index contributed by atoms with van der Waals surface area (Å²) in [6, 6.07) is 0. The van der Waals surface area contributed by atoms with Crippen molar-refractivity contribution in [2.24, 2.45) is 5.14 Å². The minimum Gasteiger partial charge on any atom is -0.291 e. The lowest BCUT2D eigenvalue weighted by atomic mass is 11.0. The molecule has 0 amide bonds. The lowest BCUT2D eigenvalue weighted by Gasteiger charge is -2.23. The summed E-state index contributed by atoms with van der Waals surface area (Å²) in [6.07, 6.45) is 2.04. The molecule has 0 fully saturated rings. The summed E-state index contributed by atoms with van der Waals surface area (Å²) < 4.78 is 0. The predicted octanol–water partition coefficient (Wildman–Crippen LogP) is 1.46. The van der Waals surface area contributed by atoms with Crippen LogP contribution >= 0.6 is 10.2 Å². The van der Waals surface area contributed by atoms with Gasteiger partial charge in [0.15, 0.2) is 0 Å². The first-order valence-corrected chi connectivity index (χ1v) is 4.62. The van der Waals surface area contributed by atoms with Gasteiger partial charge in [0.2, 0.25) is 0 Å². The molecule has 1 atom stereocenters. The van der Waals surface area contributed by atoms with Crippen molar-refractivity contribution in [2.45, 2.75) is 6.92 Å². The van der Waals surface area contributed by atoms with Crippen LogP contribution in [0.1, 0.15) is 6.92 Å². The van der Waals surface area contributed by atoms with Crippen molar-refractivity contribution >= 4 is 10.2 Å². The van der Waals surface area contributed by atoms with E-state index in [1.807, 2.05) is 11.7 Å². The van der Waals surface area contributed by atoms with Crippen LogP contribution in [-0.2, 0) is 0 Å². The van der Waals surface area contributed by atoms with Gasteiger partial charge in [0.05, 0.1) is 0 Å². The molecule has 1 nitrogen and oxygen atoms in total. The SMILES string of the molecule is C=CS(C)(N)CC. The highest BCUT2D eigenvalue weighted by molar-refractivity contribution is 8.33. The van der Waals surface area contributed by atoms with Gasteiger partial charge in [-0.25, -0.2) is 0 Å². The third kappa shape index (κ3) is 2.71. The van der Waals surface area contributed by atoms with Gasteiger partial charge in [-0.3, -0.25) is 5.14 Å². The van der Waals surface area contributed by atoms with Gasteiger partial charge in [-0.2, -0.15) is 10.2 Å². The highest BCUT2D eigenvalue weighted by atomic mass is 32.3. The highest BCUT2D eigenvalue weighted by Crippen LogP contribution is 2.34. The zero-order chi connectivity index (χ0) is 5.91. The maximum atomic E-state index is 5.68. The van der Waals surface area contributed by atoms with Crippen molar-refractivity contribution in [2.75, 3.05) is 12.0 Å². The summed E-state index contributed by atoms with van der Waals surface area (Å²) in [5.74, 6) is 1.04. The van der Waals surface area contributed by atoms with Crippen LogP contribution in [0.4, 0.5) is 0 Å². The van der Waals surface area contributed by atoms with Gasteiger partial charge in [0, 0.05) is 0 Å². The van der Waals surface area contributed by atoms with Gasteiger partial charge in [0.25, 0.3) is 0 Å². The molecule has 0 aliphatic heterocycles. The summed E-state index contributed by atoms with van der Waals surface area (Å²) in [4.78, 5) is 0. The largest absolute Gasteiger partial charge is 0.291 e. The van der Waals surface area contributed by atoms with Crippen LogP contribution in [0.3, 0.4) is 0 Å². The Morgan fingerprint density at radius 3 is 2.29 bits per heavy atom. The van der Waals surface area contributed by atoms with E-state index in [4.69, 9.17) is 5.14 Å². The van der Waals surface area contributed by atoms with E-state index in [9.17, 15) is 0 Å². The smallest absolute Gasteiger partial charge is 0.0108 e. The second kappa shape index (κ2) is 2.38. The van der Waals surface area contributed by atoms with Gasteiger partial charge in [-0.15, -0.1) is 0 Å². The summed E-state index contributed by atoms with van der Waals surface area (Å²) in [6.45, 7) is 5.70. The molecule has 0 aromatic carbocycles. The van der Waals surface area contributed by atoms with Crippen LogP contribution in [0, 0.1) is 0 Å². The van der Waals surface area contributed by atoms with Crippen molar-refractivity contribution < 1.29 is 0 Å². The molecule has 0 rings (SSSR count). The summed E-state index contributed by atoms with van der Waals surface area (Å²) in [5.41, 5.74) is 0. The van der Waals surface area contributed by atoms with Crippen LogP contribution < -0.4 is 5.14 Å². The van der Waals surface area contributed by atoms with E-state index in [1.165, 1.54) is 0 Å². The average molecular weight is 119 g/mol. The Labute approximate surface area is 47.0 Å². The molecular weight excluding hydrogens is 106 g/mol. The highest BCUT2D eigenvalue weighted by Gasteiger charge is 1.99. The van der Waals surface area contributed by atoms with Crippen molar-refractivity contribution in [3.8, 4) is 0 Å². The van der Waals surface area contributed by atoms with Crippen LogP contribution in [0.2, 0.25) is 0 Å². The normalized spacial score (nSPS) is 22.7. The molecule has 7 heavy (non-hydrogen) atoms. The molecule has 0 spiro atoms. The molecule has 1 unspecified atom stereocenters. The molecule has 0 aliphatic rings. The van der Waals surface area contributed by atoms with Gasteiger partial charge in [0.1, 0.15) is 0 Å². The fourth-order valence-electron chi connectivity index (χ4n) is 0.118. The topological polar surface area (TPSA) is 26.0 Å². The zero-order valence-corrected chi connectivity index (χ0v) is 5.79. The van der Waals surface area contributed by atoms with Crippen LogP contribution in [0.5, 0.6) is 0 Å². The molecule has 0 aromatic heterocycles. The Kier molecular flexibility index (Phi) is 2.40. The molecule has 0 radical (unpaired) electrons. The fraction of sp³-hybridized carbons (Fsp3) is 0.600. The van der Waals surface area contributed by atoms with E-state index in [1.54, 1.807) is 0 Å². The maximum absolute atomic E-state index is 5.68. The first kappa shape index (κ1) is 7.05. The Hall–Kier alpha value is 0.0500. The summed E-state index contributed by atoms with van der Waals surface area (Å²) in [7, 11) is -0.894. The molecular formula is C5H13NS. The Morgan fingerprint density at radius 1 is 1.86 bits per heavy atom. The van der Waals surface area contributed by atoms with E-state index in [2.05, 4.69) is 13.5 Å². The van der Waals surface area contributed by atoms with Crippen LogP contribution in [0.15, 0.2) is 12.0 Å². The quantitative estimate of drug-likeness (QED) is 0.585. The molecule has 0 aliphatic carbocycles. The van der Waals surface area contributed by atoms with E-state index in [0.29, 0.717) is 0 Å². The number of nitrogens with two attached hydrogens (primary N) is 1. The van der Waals surface area contributed by atoms with Crippen LogP contribution in [-0.4, -0.2) is 12.0 Å². The van der Waals surface area contributed by atoms with E-state index in [-0.39, 0.29) is 0 Å². The van der Waals surface area contributed by atoms with Crippen molar-refractivity contribution in [1.82, 2.24) is 0 Å². The maximum Gasteiger partial charge on any atom is -0.0108 e. The minimum absolute atomic E-state index is 0.894. The van der Waals surface area contributed by atoms with Crippen LogP contribution in [0.25, 0.3) is 0 Å². The van der Waals surface area contributed by atoms with E-state index >= 15 is 0 Å². The zero-order valence-electron chi connectivity index (χ0n) is 4.98. The fourth-order valence-corrected chi connectivity index (χ4v) is 0.354. The minimum atomic E-state index is -0.894. The number of hydrogen-bond acceptors (Lipinski definition) is 1. The van der Waals surface area contributed by atoms with Crippen molar-refractivity contribution in [1.29, 1.82) is 0 Å². The van der Waals surface area contributed by atoms with Crippen molar-refractivity contribution in [3.05, 3.63) is 12.0 Å². The molecule has 0 heterocycles. The van der Waals surface area contributed by atoms with E-state index in [0.717, 1.165) is 5.75 Å². The van der Waals surface area contributed by atoms with Gasteiger partial charge in [-0.1, -0.05) is 13.5 Å². The van der Waals surface area contributed by atoms with Crippen molar-refractivity contribution in [3.63, 3.8) is 0 Å². The lowest BCUT2D eigenvalue weighted by Crippen LogP contribution is -2.06. The first-order valence-electron chi connectivity index (χ1n) is 2.28. The molecule has 0 aromatic rings. The van der Waals surface area contributed by atoms with E-state index < -0.39 is 10.2 Å². The standard InChI is InChI=1S/C5H13NS/c1-4-7(3,6)5-2/h4H,1,5-6H2,2-3H3. The lowest BCUT2D eigenvalue weighted by molar-refractivity contribution is 1.48. The Morgan fingerprint density at radius 2 is 2.29 bits per heavy atom. The molecule has 2 heteroatoms. The van der Waals surface area contributed by atoms with Gasteiger partial charge >= 0.3 is 0 Å². The summed E-state index contributed by atoms with van der Waals surface area (Å²) >= 11 is 0. The predicted molar refractivity (Wildman–Crippen MR) is 38.4 cm³/mol. The monoisotopic (exact) mass is 119 g/mol. The van der Waals surface area contributed by atoms with Gasteiger partial charge in [-0.05, 0) is 17.4 Å². The summed E-state index contributed by atoms with van der Waals surface area (Å²) in [5, 5.41) is 7.53. The molecule has 0 saturated heterocycles. The third-order valence-electron chi connectivity index (χ3n) is 1.00. The molecule has 2 N–H and O–H groups in total. The average Bonchev–Trinajstić information content (AvgIpc) is 1.68. The second-order valence-electron chi connectivity index (χ2n) is 1.68. The number of hydrogen-bond donors (Lipinski definition) is 1. The molecule has 44 valence electrons. The van der Waals surface area contributed by atoms with Gasteiger partial charge < -0.3 is 0 Å². The third-order valence-corrected chi connectivity index (χ3v) is 3.01. The Bertz CT molecular complexity index is 68.5. The Balaban J connectivity index is 3.58. The molecule has 0 bridgehead atoms. The molecule has 0 saturated carbocycles.